The van der Waals surface area contributed by atoms with Crippen LogP contribution in [0.25, 0.3) is 0 Å². The van der Waals surface area contributed by atoms with E-state index in [2.05, 4.69) is 10.3 Å². The van der Waals surface area contributed by atoms with E-state index in [9.17, 15) is 4.79 Å². The Bertz CT molecular complexity index is 462. The fourth-order valence-corrected chi connectivity index (χ4v) is 1.23. The number of carbonyl (C=O) groups is 1. The molecule has 0 aromatic carbocycles. The zero-order valence-corrected chi connectivity index (χ0v) is 8.51. The van der Waals surface area contributed by atoms with Crippen LogP contribution in [0.3, 0.4) is 0 Å². The van der Waals surface area contributed by atoms with Crippen LogP contribution in [0.5, 0.6) is 0 Å². The number of nitrogens with zero attached hydrogens (tertiary/aromatic N) is 1. The molecule has 2 aromatic heterocycles. The molecule has 2 heterocycles. The Kier molecular flexibility index (Phi) is 2.86. The van der Waals surface area contributed by atoms with Gasteiger partial charge in [-0.05, 0) is 18.2 Å². The first-order valence-corrected chi connectivity index (χ1v) is 4.76. The van der Waals surface area contributed by atoms with E-state index in [4.69, 9.17) is 10.2 Å². The molecule has 0 radical (unpaired) electrons. The number of pyridine rings is 1. The van der Waals surface area contributed by atoms with E-state index >= 15 is 0 Å². The number of hydrogen-bond donors (Lipinski definition) is 2. The number of nitrogens with one attached hydrogen (secondary N) is 1. The van der Waals surface area contributed by atoms with Crippen LogP contribution in [0.4, 0.5) is 5.82 Å². The molecule has 0 saturated heterocycles. The first-order valence-electron chi connectivity index (χ1n) is 4.76. The third-order valence-corrected chi connectivity index (χ3v) is 2.10. The highest BCUT2D eigenvalue weighted by molar-refractivity contribution is 5.92. The van der Waals surface area contributed by atoms with Gasteiger partial charge in [-0.25, -0.2) is 4.98 Å². The fraction of sp³-hybridized carbons (Fsp3) is 0.0909. The molecule has 3 N–H and O–H groups in total. The highest BCUT2D eigenvalue weighted by Gasteiger charge is 2.01. The second-order valence-corrected chi connectivity index (χ2v) is 3.28. The molecular weight excluding hydrogens is 206 g/mol. The van der Waals surface area contributed by atoms with Crippen LogP contribution >= 0.6 is 0 Å². The van der Waals surface area contributed by atoms with Crippen molar-refractivity contribution in [1.82, 2.24) is 4.98 Å². The maximum absolute atomic E-state index is 10.8. The van der Waals surface area contributed by atoms with Crippen LogP contribution in [0.1, 0.15) is 15.9 Å². The summed E-state index contributed by atoms with van der Waals surface area (Å²) < 4.78 is 4.93. The first kappa shape index (κ1) is 10.2. The quantitative estimate of drug-likeness (QED) is 0.810. The number of primary amides is 1. The predicted octanol–water partition coefficient (Wildman–Crippen LogP) is 1.39. The summed E-state index contributed by atoms with van der Waals surface area (Å²) >= 11 is 0. The molecule has 1 amide bonds. The van der Waals surface area contributed by atoms with Crippen molar-refractivity contribution in [3.63, 3.8) is 0 Å². The monoisotopic (exact) mass is 217 g/mol. The molecule has 0 aliphatic rings. The van der Waals surface area contributed by atoms with Gasteiger partial charge in [0.2, 0.25) is 5.91 Å². The average molecular weight is 217 g/mol. The minimum Gasteiger partial charge on any atom is -0.472 e. The minimum absolute atomic E-state index is 0.397. The number of nitrogens with two attached hydrogens (primary N) is 1. The van der Waals surface area contributed by atoms with E-state index in [1.165, 1.54) is 6.20 Å². The van der Waals surface area contributed by atoms with E-state index in [1.54, 1.807) is 24.7 Å². The van der Waals surface area contributed by atoms with Crippen LogP contribution in [-0.2, 0) is 6.54 Å². The normalized spacial score (nSPS) is 10.0. The highest BCUT2D eigenvalue weighted by atomic mass is 16.3. The molecule has 16 heavy (non-hydrogen) atoms. The molecular formula is C11H11N3O2. The van der Waals surface area contributed by atoms with Crippen molar-refractivity contribution in [3.05, 3.63) is 48.0 Å². The van der Waals surface area contributed by atoms with Gasteiger partial charge in [-0.15, -0.1) is 0 Å². The van der Waals surface area contributed by atoms with Gasteiger partial charge in [0.15, 0.2) is 0 Å². The van der Waals surface area contributed by atoms with Crippen molar-refractivity contribution in [2.75, 3.05) is 5.32 Å². The van der Waals surface area contributed by atoms with Crippen molar-refractivity contribution in [2.45, 2.75) is 6.54 Å². The number of rotatable bonds is 4. The molecule has 82 valence electrons. The van der Waals surface area contributed by atoms with Gasteiger partial charge in [-0.3, -0.25) is 4.79 Å². The lowest BCUT2D eigenvalue weighted by Gasteiger charge is -2.03. The summed E-state index contributed by atoms with van der Waals surface area (Å²) in [6.07, 6.45) is 4.71. The average Bonchev–Trinajstić information content (AvgIpc) is 2.80. The van der Waals surface area contributed by atoms with E-state index in [1.807, 2.05) is 6.07 Å². The maximum Gasteiger partial charge on any atom is 0.250 e. The summed E-state index contributed by atoms with van der Waals surface area (Å²) in [5.41, 5.74) is 6.53. The molecule has 0 bridgehead atoms. The fourth-order valence-electron chi connectivity index (χ4n) is 1.23. The molecule has 0 fully saturated rings. The Balaban J connectivity index is 1.98. The van der Waals surface area contributed by atoms with Gasteiger partial charge >= 0.3 is 0 Å². The van der Waals surface area contributed by atoms with Crippen LogP contribution in [-0.4, -0.2) is 10.9 Å². The Hall–Kier alpha value is -2.30. The largest absolute Gasteiger partial charge is 0.472 e. The Morgan fingerprint density at radius 1 is 1.44 bits per heavy atom. The van der Waals surface area contributed by atoms with Crippen LogP contribution < -0.4 is 11.1 Å². The molecule has 0 aliphatic carbocycles. The maximum atomic E-state index is 10.8. The molecule has 5 nitrogen and oxygen atoms in total. The molecule has 0 unspecified atom stereocenters. The van der Waals surface area contributed by atoms with Crippen LogP contribution in [0.2, 0.25) is 0 Å². The summed E-state index contributed by atoms with van der Waals surface area (Å²) in [5, 5.41) is 3.09. The molecule has 2 aromatic rings. The predicted molar refractivity (Wildman–Crippen MR) is 58.8 cm³/mol. The van der Waals surface area contributed by atoms with Crippen LogP contribution in [0.15, 0.2) is 41.3 Å². The summed E-state index contributed by atoms with van der Waals surface area (Å²) in [5.74, 6) is 0.208. The van der Waals surface area contributed by atoms with E-state index in [-0.39, 0.29) is 0 Å². The third-order valence-electron chi connectivity index (χ3n) is 2.10. The Morgan fingerprint density at radius 2 is 2.31 bits per heavy atom. The highest BCUT2D eigenvalue weighted by Crippen LogP contribution is 2.07. The van der Waals surface area contributed by atoms with Crippen molar-refractivity contribution in [1.29, 1.82) is 0 Å². The Labute approximate surface area is 92.3 Å². The van der Waals surface area contributed by atoms with E-state index in [0.29, 0.717) is 17.9 Å². The lowest BCUT2D eigenvalue weighted by atomic mass is 10.2. The van der Waals surface area contributed by atoms with Crippen molar-refractivity contribution in [2.24, 2.45) is 5.73 Å². The zero-order valence-electron chi connectivity index (χ0n) is 8.51. The number of furan rings is 1. The second-order valence-electron chi connectivity index (χ2n) is 3.28. The van der Waals surface area contributed by atoms with E-state index < -0.39 is 5.91 Å². The number of anilines is 1. The number of aromatic nitrogens is 1. The van der Waals surface area contributed by atoms with Gasteiger partial charge in [0.1, 0.15) is 5.82 Å². The van der Waals surface area contributed by atoms with Gasteiger partial charge in [-0.2, -0.15) is 0 Å². The van der Waals surface area contributed by atoms with Gasteiger partial charge in [0.05, 0.1) is 18.1 Å². The molecule has 0 aliphatic heterocycles. The molecule has 0 atom stereocenters. The molecule has 5 heteroatoms. The second kappa shape index (κ2) is 4.48. The van der Waals surface area contributed by atoms with Crippen LogP contribution in [0, 0.1) is 0 Å². The lowest BCUT2D eigenvalue weighted by Crippen LogP contribution is -2.11. The lowest BCUT2D eigenvalue weighted by molar-refractivity contribution is 0.1000. The summed E-state index contributed by atoms with van der Waals surface area (Å²) in [4.78, 5) is 14.9. The SMILES string of the molecule is NC(=O)c1ccc(NCc2ccoc2)nc1. The molecule has 0 spiro atoms. The van der Waals surface area contributed by atoms with Gasteiger partial charge < -0.3 is 15.5 Å². The summed E-state index contributed by atoms with van der Waals surface area (Å²) in [6.45, 7) is 0.624. The Morgan fingerprint density at radius 3 is 2.88 bits per heavy atom. The number of hydrogen-bond acceptors (Lipinski definition) is 4. The van der Waals surface area contributed by atoms with Gasteiger partial charge in [-0.1, -0.05) is 0 Å². The van der Waals surface area contributed by atoms with Gasteiger partial charge in [0.25, 0.3) is 0 Å². The van der Waals surface area contributed by atoms with Gasteiger partial charge in [0, 0.05) is 18.3 Å². The van der Waals surface area contributed by atoms with Crippen molar-refractivity contribution in [3.8, 4) is 0 Å². The first-order chi connectivity index (χ1) is 7.75. The smallest absolute Gasteiger partial charge is 0.250 e. The summed E-state index contributed by atoms with van der Waals surface area (Å²) in [7, 11) is 0. The van der Waals surface area contributed by atoms with Crippen molar-refractivity contribution < 1.29 is 9.21 Å². The number of amides is 1. The number of carbonyl (C=O) groups excluding carboxylic acids is 1. The summed E-state index contributed by atoms with van der Waals surface area (Å²) in [6, 6.07) is 5.21. The molecule has 0 saturated carbocycles. The topological polar surface area (TPSA) is 81.2 Å². The van der Waals surface area contributed by atoms with E-state index in [0.717, 1.165) is 5.56 Å². The van der Waals surface area contributed by atoms with Crippen molar-refractivity contribution >= 4 is 11.7 Å². The standard InChI is InChI=1S/C11H11N3O2/c12-11(15)9-1-2-10(14-6-9)13-5-8-3-4-16-7-8/h1-4,6-7H,5H2,(H2,12,15)(H,13,14). The minimum atomic E-state index is -0.478. The molecule has 2 rings (SSSR count). The third kappa shape index (κ3) is 2.38. The zero-order chi connectivity index (χ0) is 11.4.